The average molecular weight is 300 g/mol. The Morgan fingerprint density at radius 2 is 1.82 bits per heavy atom. The van der Waals surface area contributed by atoms with Crippen molar-refractivity contribution in [3.05, 3.63) is 53.9 Å². The third-order valence-electron chi connectivity index (χ3n) is 4.13. The molecule has 5 nitrogen and oxygen atoms in total. The molecule has 0 radical (unpaired) electrons. The smallest absolute Gasteiger partial charge is 0.335 e. The summed E-state index contributed by atoms with van der Waals surface area (Å²) in [5.74, 6) is -0.910. The Morgan fingerprint density at radius 1 is 1.14 bits per heavy atom. The zero-order chi connectivity index (χ0) is 15.5. The average Bonchev–Trinajstić information content (AvgIpc) is 2.98. The summed E-state index contributed by atoms with van der Waals surface area (Å²) in [5.41, 5.74) is 2.46. The van der Waals surface area contributed by atoms with Gasteiger partial charge in [0.05, 0.1) is 11.7 Å². The minimum atomic E-state index is -0.910. The van der Waals surface area contributed by atoms with E-state index in [2.05, 4.69) is 17.2 Å². The first kappa shape index (κ1) is 14.8. The van der Waals surface area contributed by atoms with Crippen molar-refractivity contribution in [2.24, 2.45) is 0 Å². The first-order chi connectivity index (χ1) is 10.6. The molecule has 1 aromatic carbocycles. The Morgan fingerprint density at radius 3 is 2.45 bits per heavy atom. The highest BCUT2D eigenvalue weighted by atomic mass is 16.4. The highest BCUT2D eigenvalue weighted by molar-refractivity contribution is 5.87. The van der Waals surface area contributed by atoms with E-state index in [1.165, 1.54) is 5.56 Å². The molecule has 0 aliphatic carbocycles. The van der Waals surface area contributed by atoms with Gasteiger partial charge >= 0.3 is 5.97 Å². The van der Waals surface area contributed by atoms with Crippen molar-refractivity contribution in [3.63, 3.8) is 0 Å². The van der Waals surface area contributed by atoms with E-state index in [9.17, 15) is 9.90 Å². The van der Waals surface area contributed by atoms with E-state index >= 15 is 0 Å². The van der Waals surface area contributed by atoms with Crippen LogP contribution < -0.4 is 0 Å². The summed E-state index contributed by atoms with van der Waals surface area (Å²) in [6.45, 7) is 2.74. The summed E-state index contributed by atoms with van der Waals surface area (Å²) in [4.78, 5) is 13.2. The van der Waals surface area contributed by atoms with Crippen LogP contribution in [0.3, 0.4) is 0 Å². The number of hydrogen-bond donors (Lipinski definition) is 2. The molecule has 2 aromatic rings. The minimum Gasteiger partial charge on any atom is -0.478 e. The number of likely N-dealkylation sites (tertiary alicyclic amines) is 1. The summed E-state index contributed by atoms with van der Waals surface area (Å²) < 4.78 is 2.00. The van der Waals surface area contributed by atoms with Crippen molar-refractivity contribution in [2.45, 2.75) is 25.5 Å². The van der Waals surface area contributed by atoms with Gasteiger partial charge in [-0.25, -0.2) is 4.79 Å². The van der Waals surface area contributed by atoms with Crippen LogP contribution in [0.25, 0.3) is 5.69 Å². The first-order valence-electron chi connectivity index (χ1n) is 7.53. The molecule has 1 aliphatic heterocycles. The zero-order valence-corrected chi connectivity index (χ0v) is 12.4. The molecule has 2 heterocycles. The molecule has 0 unspecified atom stereocenters. The van der Waals surface area contributed by atoms with Crippen molar-refractivity contribution in [3.8, 4) is 5.69 Å². The summed E-state index contributed by atoms with van der Waals surface area (Å²) in [6, 6.07) is 8.93. The number of aliphatic hydroxyl groups is 1. The molecule has 0 saturated carbocycles. The lowest BCUT2D eigenvalue weighted by molar-refractivity contribution is 0.0696. The van der Waals surface area contributed by atoms with E-state index in [1.807, 2.05) is 22.9 Å². The van der Waals surface area contributed by atoms with Crippen LogP contribution in [0, 0.1) is 0 Å². The number of hydrogen-bond acceptors (Lipinski definition) is 3. The highest BCUT2D eigenvalue weighted by Crippen LogP contribution is 2.16. The Hall–Kier alpha value is -2.11. The molecule has 1 saturated heterocycles. The Bertz CT molecular complexity index is 640. The number of aromatic nitrogens is 1. The van der Waals surface area contributed by atoms with Crippen molar-refractivity contribution in [2.75, 3.05) is 13.1 Å². The van der Waals surface area contributed by atoms with Crippen LogP contribution >= 0.6 is 0 Å². The van der Waals surface area contributed by atoms with Crippen molar-refractivity contribution < 1.29 is 15.0 Å². The van der Waals surface area contributed by atoms with Gasteiger partial charge < -0.3 is 14.8 Å². The van der Waals surface area contributed by atoms with Crippen LogP contribution in [0.4, 0.5) is 0 Å². The number of aliphatic hydroxyl groups excluding tert-OH is 1. The fourth-order valence-electron chi connectivity index (χ4n) is 2.81. The number of carbonyl (C=O) groups is 1. The predicted molar refractivity (Wildman–Crippen MR) is 83.2 cm³/mol. The lowest BCUT2D eigenvalue weighted by Gasteiger charge is -2.29. The molecule has 116 valence electrons. The van der Waals surface area contributed by atoms with Gasteiger partial charge in [0.1, 0.15) is 0 Å². The number of benzene rings is 1. The zero-order valence-electron chi connectivity index (χ0n) is 12.4. The number of carboxylic acid groups (broad SMARTS) is 1. The van der Waals surface area contributed by atoms with E-state index in [0.29, 0.717) is 5.56 Å². The molecule has 0 atom stereocenters. The van der Waals surface area contributed by atoms with Crippen molar-refractivity contribution in [1.82, 2.24) is 9.47 Å². The van der Waals surface area contributed by atoms with Crippen LogP contribution in [0.15, 0.2) is 42.7 Å². The molecular weight excluding hydrogens is 280 g/mol. The van der Waals surface area contributed by atoms with Gasteiger partial charge in [0, 0.05) is 37.7 Å². The van der Waals surface area contributed by atoms with Gasteiger partial charge in [-0.15, -0.1) is 0 Å². The fraction of sp³-hybridized carbons (Fsp3) is 0.353. The maximum Gasteiger partial charge on any atom is 0.335 e. The minimum absolute atomic E-state index is 0.145. The second-order valence-electron chi connectivity index (χ2n) is 5.79. The van der Waals surface area contributed by atoms with Crippen LogP contribution in [0.5, 0.6) is 0 Å². The van der Waals surface area contributed by atoms with E-state index in [0.717, 1.165) is 38.2 Å². The molecule has 1 aromatic heterocycles. The topological polar surface area (TPSA) is 65.7 Å². The maximum absolute atomic E-state index is 10.9. The quantitative estimate of drug-likeness (QED) is 0.908. The van der Waals surface area contributed by atoms with Gasteiger partial charge in [0.15, 0.2) is 0 Å². The molecule has 2 N–H and O–H groups in total. The van der Waals surface area contributed by atoms with Crippen LogP contribution in [0.2, 0.25) is 0 Å². The third kappa shape index (κ3) is 3.37. The van der Waals surface area contributed by atoms with Crippen LogP contribution in [-0.4, -0.2) is 44.8 Å². The molecule has 5 heteroatoms. The molecule has 3 rings (SSSR count). The molecular formula is C17H20N2O3. The summed E-state index contributed by atoms with van der Waals surface area (Å²) in [7, 11) is 0. The lowest BCUT2D eigenvalue weighted by atomic mass is 10.1. The number of carboxylic acids is 1. The molecule has 22 heavy (non-hydrogen) atoms. The summed E-state index contributed by atoms with van der Waals surface area (Å²) >= 11 is 0. The van der Waals surface area contributed by atoms with Crippen LogP contribution in [0.1, 0.15) is 28.8 Å². The Labute approximate surface area is 129 Å². The predicted octanol–water partition coefficient (Wildman–Crippen LogP) is 2.13. The van der Waals surface area contributed by atoms with Gasteiger partial charge in [0.25, 0.3) is 0 Å². The molecule has 1 fully saturated rings. The van der Waals surface area contributed by atoms with Crippen molar-refractivity contribution >= 4 is 5.97 Å². The second-order valence-corrected chi connectivity index (χ2v) is 5.79. The Balaban J connectivity index is 1.66. The summed E-state index contributed by atoms with van der Waals surface area (Å²) in [5, 5.41) is 18.5. The van der Waals surface area contributed by atoms with E-state index in [-0.39, 0.29) is 6.10 Å². The standard InChI is InChI=1S/C17H20N2O3/c20-16-6-8-18(9-7-16)11-13-5-10-19(12-13)15-3-1-14(2-4-15)17(21)22/h1-5,10,12,16,20H,6-9,11H2,(H,21,22). The van der Waals surface area contributed by atoms with E-state index in [1.54, 1.807) is 12.1 Å². The van der Waals surface area contributed by atoms with E-state index in [4.69, 9.17) is 5.11 Å². The third-order valence-corrected chi connectivity index (χ3v) is 4.13. The highest BCUT2D eigenvalue weighted by Gasteiger charge is 2.17. The normalized spacial score (nSPS) is 16.8. The van der Waals surface area contributed by atoms with Gasteiger partial charge in [-0.3, -0.25) is 4.90 Å². The molecule has 0 bridgehead atoms. The van der Waals surface area contributed by atoms with Gasteiger partial charge in [-0.05, 0) is 48.7 Å². The monoisotopic (exact) mass is 300 g/mol. The molecule has 0 amide bonds. The maximum atomic E-state index is 10.9. The summed E-state index contributed by atoms with van der Waals surface area (Å²) in [6.07, 6.45) is 5.60. The van der Waals surface area contributed by atoms with Gasteiger partial charge in [-0.2, -0.15) is 0 Å². The second kappa shape index (κ2) is 6.34. The number of piperidine rings is 1. The lowest BCUT2D eigenvalue weighted by Crippen LogP contribution is -2.35. The van der Waals surface area contributed by atoms with Crippen LogP contribution in [-0.2, 0) is 6.54 Å². The van der Waals surface area contributed by atoms with Gasteiger partial charge in [-0.1, -0.05) is 0 Å². The Kier molecular flexibility index (Phi) is 4.27. The van der Waals surface area contributed by atoms with Gasteiger partial charge in [0.2, 0.25) is 0 Å². The first-order valence-corrected chi connectivity index (χ1v) is 7.53. The molecule has 1 aliphatic rings. The number of aromatic carboxylic acids is 1. The van der Waals surface area contributed by atoms with Crippen molar-refractivity contribution in [1.29, 1.82) is 0 Å². The SMILES string of the molecule is O=C(O)c1ccc(-n2ccc(CN3CCC(O)CC3)c2)cc1. The molecule has 0 spiro atoms. The number of nitrogens with zero attached hydrogens (tertiary/aromatic N) is 2. The largest absolute Gasteiger partial charge is 0.478 e. The number of rotatable bonds is 4. The fourth-order valence-corrected chi connectivity index (χ4v) is 2.81. The van der Waals surface area contributed by atoms with E-state index < -0.39 is 5.97 Å².